The monoisotopic (exact) mass is 170 g/mol. The lowest BCUT2D eigenvalue weighted by molar-refractivity contribution is -0.117. The fraction of sp³-hybridized carbons (Fsp3) is 0.200. The lowest BCUT2D eigenvalue weighted by atomic mass is 10.4. The van der Waals surface area contributed by atoms with Crippen LogP contribution in [-0.2, 0) is 11.2 Å². The van der Waals surface area contributed by atoms with Crippen LogP contribution >= 0.6 is 0 Å². The van der Waals surface area contributed by atoms with Crippen molar-refractivity contribution in [2.75, 3.05) is 0 Å². The van der Waals surface area contributed by atoms with E-state index in [2.05, 4.69) is 14.6 Å². The topological polar surface area (TPSA) is 125 Å². The molecule has 7 nitrogen and oxygen atoms in total. The molecular weight excluding hydrogens is 164 g/mol. The summed E-state index contributed by atoms with van der Waals surface area (Å²) in [5, 5.41) is 6.63. The zero-order valence-electron chi connectivity index (χ0n) is 5.98. The van der Waals surface area contributed by atoms with E-state index in [-0.39, 0.29) is 18.2 Å². The molecule has 0 aliphatic heterocycles. The average Bonchev–Trinajstić information content (AvgIpc) is 2.34. The molecule has 1 rings (SSSR count). The van der Waals surface area contributed by atoms with Crippen LogP contribution in [0.3, 0.4) is 0 Å². The van der Waals surface area contributed by atoms with Gasteiger partial charge in [-0.1, -0.05) is 0 Å². The van der Waals surface area contributed by atoms with E-state index in [0.29, 0.717) is 0 Å². The van der Waals surface area contributed by atoms with Crippen molar-refractivity contribution in [1.82, 2.24) is 10.2 Å². The third kappa shape index (κ3) is 1.78. The number of amides is 2. The summed E-state index contributed by atoms with van der Waals surface area (Å²) in [7, 11) is 0. The van der Waals surface area contributed by atoms with Gasteiger partial charge in [-0.15, -0.1) is 10.2 Å². The minimum atomic E-state index is -0.835. The molecule has 12 heavy (non-hydrogen) atoms. The molecule has 0 unspecified atom stereocenters. The number of rotatable bonds is 3. The van der Waals surface area contributed by atoms with E-state index in [4.69, 9.17) is 11.5 Å². The predicted octanol–water partition coefficient (Wildman–Crippen LogP) is -1.80. The Kier molecular flexibility index (Phi) is 2.04. The van der Waals surface area contributed by atoms with Crippen molar-refractivity contribution in [3.05, 3.63) is 11.8 Å². The van der Waals surface area contributed by atoms with Gasteiger partial charge in [0.15, 0.2) is 0 Å². The largest absolute Gasteiger partial charge is 0.416 e. The van der Waals surface area contributed by atoms with Gasteiger partial charge in [-0.05, 0) is 0 Å². The van der Waals surface area contributed by atoms with E-state index >= 15 is 0 Å². The molecule has 64 valence electrons. The average molecular weight is 170 g/mol. The highest BCUT2D eigenvalue weighted by molar-refractivity contribution is 5.87. The molecule has 0 spiro atoms. The number of primary amides is 2. The number of aromatic nitrogens is 2. The predicted molar refractivity (Wildman–Crippen MR) is 35.7 cm³/mol. The molecule has 0 atom stereocenters. The summed E-state index contributed by atoms with van der Waals surface area (Å²) in [6, 6.07) is 0. The second kappa shape index (κ2) is 2.99. The summed E-state index contributed by atoms with van der Waals surface area (Å²) in [6.07, 6.45) is -0.194. The van der Waals surface area contributed by atoms with Gasteiger partial charge in [0.25, 0.3) is 0 Å². The Labute approximate surface area is 66.7 Å². The fourth-order valence-corrected chi connectivity index (χ4v) is 0.574. The first-order chi connectivity index (χ1) is 5.59. The Balaban J connectivity index is 2.77. The van der Waals surface area contributed by atoms with E-state index in [1.165, 1.54) is 0 Å². The molecule has 1 aromatic rings. The maximum absolute atomic E-state index is 10.4. The first-order valence-corrected chi connectivity index (χ1v) is 3.00. The molecule has 0 radical (unpaired) electrons. The quantitative estimate of drug-likeness (QED) is 0.553. The van der Waals surface area contributed by atoms with Crippen molar-refractivity contribution in [2.45, 2.75) is 6.42 Å². The summed E-state index contributed by atoms with van der Waals surface area (Å²) < 4.78 is 4.66. The summed E-state index contributed by atoms with van der Waals surface area (Å²) in [4.78, 5) is 20.7. The van der Waals surface area contributed by atoms with Gasteiger partial charge >= 0.3 is 11.8 Å². The first-order valence-electron chi connectivity index (χ1n) is 3.00. The van der Waals surface area contributed by atoms with Crippen LogP contribution in [0, 0.1) is 0 Å². The van der Waals surface area contributed by atoms with E-state index in [1.807, 2.05) is 0 Å². The van der Waals surface area contributed by atoms with Gasteiger partial charge < -0.3 is 15.9 Å². The molecule has 1 heterocycles. The van der Waals surface area contributed by atoms with E-state index in [9.17, 15) is 9.59 Å². The molecule has 0 aliphatic rings. The Morgan fingerprint density at radius 2 is 2.00 bits per heavy atom. The van der Waals surface area contributed by atoms with Crippen LogP contribution < -0.4 is 11.5 Å². The Morgan fingerprint density at radius 3 is 2.42 bits per heavy atom. The van der Waals surface area contributed by atoms with Crippen molar-refractivity contribution in [2.24, 2.45) is 11.5 Å². The van der Waals surface area contributed by atoms with E-state index in [0.717, 1.165) is 0 Å². The number of nitrogens with two attached hydrogens (primary N) is 2. The zero-order valence-corrected chi connectivity index (χ0v) is 5.98. The molecule has 0 bridgehead atoms. The second-order valence-corrected chi connectivity index (χ2v) is 2.01. The van der Waals surface area contributed by atoms with Crippen LogP contribution in [0.1, 0.15) is 16.6 Å². The van der Waals surface area contributed by atoms with Gasteiger partial charge in [-0.25, -0.2) is 0 Å². The minimum absolute atomic E-state index is 0.0173. The lowest BCUT2D eigenvalue weighted by Gasteiger charge is -1.85. The van der Waals surface area contributed by atoms with Crippen molar-refractivity contribution < 1.29 is 14.0 Å². The standard InChI is InChI=1S/C5H6N4O3/c6-2(10)1-3-8-9-5(12-3)4(7)11/h1H2,(H2,6,10)(H2,7,11). The maximum atomic E-state index is 10.4. The number of nitrogens with zero attached hydrogens (tertiary/aromatic N) is 2. The number of hydrogen-bond acceptors (Lipinski definition) is 5. The van der Waals surface area contributed by atoms with Gasteiger partial charge in [-0.2, -0.15) is 0 Å². The highest BCUT2D eigenvalue weighted by Gasteiger charge is 2.11. The minimum Gasteiger partial charge on any atom is -0.416 e. The van der Waals surface area contributed by atoms with Gasteiger partial charge in [0.1, 0.15) is 6.42 Å². The lowest BCUT2D eigenvalue weighted by Crippen LogP contribution is -2.13. The smallest absolute Gasteiger partial charge is 0.306 e. The molecule has 1 aromatic heterocycles. The highest BCUT2D eigenvalue weighted by atomic mass is 16.4. The molecule has 0 fully saturated rings. The highest BCUT2D eigenvalue weighted by Crippen LogP contribution is 1.98. The Morgan fingerprint density at radius 1 is 1.33 bits per heavy atom. The molecule has 0 aliphatic carbocycles. The van der Waals surface area contributed by atoms with Crippen LogP contribution in [-0.4, -0.2) is 22.0 Å². The SMILES string of the molecule is NC(=O)Cc1nnc(C(N)=O)o1. The summed E-state index contributed by atoms with van der Waals surface area (Å²) in [6.45, 7) is 0. The number of hydrogen-bond donors (Lipinski definition) is 2. The number of carbonyl (C=O) groups excluding carboxylic acids is 2. The normalized spacial score (nSPS) is 9.67. The van der Waals surface area contributed by atoms with Crippen molar-refractivity contribution in [3.63, 3.8) is 0 Å². The molecule has 0 saturated heterocycles. The molecule has 4 N–H and O–H groups in total. The third-order valence-corrected chi connectivity index (χ3v) is 1.00. The van der Waals surface area contributed by atoms with Crippen LogP contribution in [0.2, 0.25) is 0 Å². The van der Waals surface area contributed by atoms with Crippen LogP contribution in [0.5, 0.6) is 0 Å². The summed E-state index contributed by atoms with van der Waals surface area (Å²) in [5.41, 5.74) is 9.63. The zero-order chi connectivity index (χ0) is 9.14. The van der Waals surface area contributed by atoms with Gasteiger partial charge in [0.2, 0.25) is 11.8 Å². The first kappa shape index (κ1) is 8.18. The fourth-order valence-electron chi connectivity index (χ4n) is 0.574. The maximum Gasteiger partial charge on any atom is 0.306 e. The Hall–Kier alpha value is -1.92. The van der Waals surface area contributed by atoms with Crippen LogP contribution in [0.25, 0.3) is 0 Å². The van der Waals surface area contributed by atoms with Crippen LogP contribution in [0.4, 0.5) is 0 Å². The van der Waals surface area contributed by atoms with E-state index in [1.54, 1.807) is 0 Å². The second-order valence-electron chi connectivity index (χ2n) is 2.01. The van der Waals surface area contributed by atoms with Crippen LogP contribution in [0.15, 0.2) is 4.42 Å². The molecule has 0 aromatic carbocycles. The molecular formula is C5H6N4O3. The molecule has 7 heteroatoms. The van der Waals surface area contributed by atoms with Crippen molar-refractivity contribution >= 4 is 11.8 Å². The summed E-state index contributed by atoms with van der Waals surface area (Å²) in [5.74, 6) is -1.80. The molecule has 2 amide bonds. The van der Waals surface area contributed by atoms with Gasteiger partial charge in [0, 0.05) is 0 Å². The summed E-state index contributed by atoms with van der Waals surface area (Å²) >= 11 is 0. The van der Waals surface area contributed by atoms with Crippen molar-refractivity contribution in [3.8, 4) is 0 Å². The molecule has 0 saturated carbocycles. The Bertz CT molecular complexity index is 318. The van der Waals surface area contributed by atoms with E-state index < -0.39 is 11.8 Å². The third-order valence-electron chi connectivity index (χ3n) is 1.00. The van der Waals surface area contributed by atoms with Gasteiger partial charge in [0.05, 0.1) is 0 Å². The number of carbonyl (C=O) groups is 2. The van der Waals surface area contributed by atoms with Crippen molar-refractivity contribution in [1.29, 1.82) is 0 Å². The van der Waals surface area contributed by atoms with Gasteiger partial charge in [-0.3, -0.25) is 9.59 Å².